The number of anilines is 4. The maximum absolute atomic E-state index is 6.10. The maximum atomic E-state index is 6.10. The van der Waals surface area contributed by atoms with Crippen molar-refractivity contribution < 1.29 is 0 Å². The van der Waals surface area contributed by atoms with Crippen LogP contribution in [0, 0.1) is 0 Å². The molecule has 0 saturated carbocycles. The number of hydrogen-bond donors (Lipinski definition) is 4. The number of nitrogens with zero attached hydrogens (tertiary/aromatic N) is 8. The summed E-state index contributed by atoms with van der Waals surface area (Å²) in [6.45, 7) is 9.86. The molecule has 4 aromatic carbocycles. The van der Waals surface area contributed by atoms with Gasteiger partial charge in [-0.05, 0) is 97.1 Å². The predicted molar refractivity (Wildman–Crippen MR) is 246 cm³/mol. The Labute approximate surface area is 350 Å². The molecule has 1 saturated heterocycles. The van der Waals surface area contributed by atoms with Gasteiger partial charge in [-0.15, -0.1) is 0 Å². The quantitative estimate of drug-likeness (QED) is 0.123. The van der Waals surface area contributed by atoms with E-state index in [0.717, 1.165) is 168 Å². The Balaban J connectivity index is 1.01. The highest BCUT2D eigenvalue weighted by atomic mass is 15.3. The first kappa shape index (κ1) is 39.0. The normalized spacial score (nSPS) is 15.7. The second-order valence-corrected chi connectivity index (χ2v) is 16.1. The number of nitrogen functional groups attached to an aromatic ring is 4. The molecule has 1 fully saturated rings. The van der Waals surface area contributed by atoms with Crippen LogP contribution in [-0.4, -0.2) is 91.9 Å². The van der Waals surface area contributed by atoms with Crippen molar-refractivity contribution in [2.75, 3.05) is 75.3 Å². The Morgan fingerprint density at radius 1 is 0.300 bits per heavy atom. The van der Waals surface area contributed by atoms with E-state index in [-0.39, 0.29) is 0 Å². The lowest BCUT2D eigenvalue weighted by Gasteiger charge is -2.34. The molecule has 0 atom stereocenters. The van der Waals surface area contributed by atoms with Crippen molar-refractivity contribution >= 4 is 66.4 Å². The molecule has 0 amide bonds. The first-order valence-corrected chi connectivity index (χ1v) is 20.7. The van der Waals surface area contributed by atoms with Crippen LogP contribution in [0.25, 0.3) is 43.6 Å². The first-order chi connectivity index (χ1) is 29.2. The first-order valence-electron chi connectivity index (χ1n) is 20.7. The summed E-state index contributed by atoms with van der Waals surface area (Å²) in [5, 5.41) is 4.20. The van der Waals surface area contributed by atoms with Crippen molar-refractivity contribution in [1.82, 2.24) is 39.5 Å². The van der Waals surface area contributed by atoms with Gasteiger partial charge in [0.1, 0.15) is 0 Å². The number of nitrogens with two attached hydrogens (primary N) is 4. The van der Waals surface area contributed by atoms with Crippen LogP contribution in [0.5, 0.6) is 0 Å². The van der Waals surface area contributed by atoms with Crippen molar-refractivity contribution in [2.45, 2.75) is 26.2 Å². The van der Waals surface area contributed by atoms with Crippen molar-refractivity contribution in [1.29, 1.82) is 0 Å². The Hall–Kier alpha value is -6.44. The fraction of sp³-hybridized carbons (Fsp3) is 0.250. The molecule has 60 heavy (non-hydrogen) atoms. The van der Waals surface area contributed by atoms with Crippen LogP contribution in [0.1, 0.15) is 22.8 Å². The van der Waals surface area contributed by atoms with Gasteiger partial charge in [-0.2, -0.15) is 0 Å². The molecule has 0 spiro atoms. The highest BCUT2D eigenvalue weighted by Gasteiger charge is 2.20. The van der Waals surface area contributed by atoms with Crippen LogP contribution in [0.15, 0.2) is 121 Å². The number of benzene rings is 4. The summed E-state index contributed by atoms with van der Waals surface area (Å²) in [6.07, 6.45) is 0. The third kappa shape index (κ3) is 9.54. The summed E-state index contributed by atoms with van der Waals surface area (Å²) in [6, 6.07) is 40.8. The van der Waals surface area contributed by atoms with Gasteiger partial charge in [-0.3, -0.25) is 39.5 Å². The predicted octanol–water partition coefficient (Wildman–Crippen LogP) is 6.53. The number of rotatable bonds is 8. The van der Waals surface area contributed by atoms with Gasteiger partial charge >= 0.3 is 0 Å². The van der Waals surface area contributed by atoms with Crippen LogP contribution in [0.4, 0.5) is 22.7 Å². The topological polar surface area (TPSA) is 169 Å². The van der Waals surface area contributed by atoms with Gasteiger partial charge in [-0.25, -0.2) is 0 Å². The minimum atomic E-state index is 0.735. The van der Waals surface area contributed by atoms with Gasteiger partial charge < -0.3 is 22.9 Å². The zero-order valence-corrected chi connectivity index (χ0v) is 33.9. The summed E-state index contributed by atoms with van der Waals surface area (Å²) in [7, 11) is 0. The molecule has 8 aromatic rings. The molecule has 0 radical (unpaired) electrons. The van der Waals surface area contributed by atoms with Gasteiger partial charge in [0.2, 0.25) is 0 Å². The van der Waals surface area contributed by atoms with Crippen LogP contribution >= 0.6 is 0 Å². The van der Waals surface area contributed by atoms with Gasteiger partial charge in [-0.1, -0.05) is 24.3 Å². The van der Waals surface area contributed by atoms with E-state index in [2.05, 4.69) is 68.1 Å². The number of fused-ring (bicyclic) bond motifs is 4. The SMILES string of the molecule is Nc1ccc2nc(CN3CCN(Cc4ccc5cc(N)ccc5n4)CCN(Cc4ccc5cc(N)ccc5n4)CCN(Cc4ccc5cc(N)ccc5n4)CC3)ccc2c1. The maximum Gasteiger partial charge on any atom is 0.0707 e. The summed E-state index contributed by atoms with van der Waals surface area (Å²) in [4.78, 5) is 30.5. The Kier molecular flexibility index (Phi) is 11.3. The van der Waals surface area contributed by atoms with E-state index in [0.29, 0.717) is 0 Å². The van der Waals surface area contributed by atoms with Gasteiger partial charge in [0.15, 0.2) is 0 Å². The van der Waals surface area contributed by atoms with Crippen molar-refractivity contribution in [2.24, 2.45) is 0 Å². The van der Waals surface area contributed by atoms with Gasteiger partial charge in [0, 0.05) is 123 Å². The van der Waals surface area contributed by atoms with E-state index >= 15 is 0 Å². The molecule has 0 aliphatic carbocycles. The smallest absolute Gasteiger partial charge is 0.0707 e. The zero-order chi connectivity index (χ0) is 41.0. The highest BCUT2D eigenvalue weighted by Crippen LogP contribution is 2.22. The molecular weight excluding hydrogens is 745 g/mol. The van der Waals surface area contributed by atoms with Crippen LogP contribution < -0.4 is 22.9 Å². The fourth-order valence-electron chi connectivity index (χ4n) is 8.22. The molecule has 4 aromatic heterocycles. The second kappa shape index (κ2) is 17.4. The Bertz CT molecular complexity index is 2390. The van der Waals surface area contributed by atoms with Crippen LogP contribution in [-0.2, 0) is 26.2 Å². The molecule has 8 N–H and O–H groups in total. The summed E-state index contributed by atoms with van der Waals surface area (Å²) in [5.74, 6) is 0. The minimum absolute atomic E-state index is 0.735. The van der Waals surface area contributed by atoms with E-state index in [9.17, 15) is 0 Å². The lowest BCUT2D eigenvalue weighted by molar-refractivity contribution is 0.120. The van der Waals surface area contributed by atoms with Gasteiger partial charge in [0.25, 0.3) is 0 Å². The van der Waals surface area contributed by atoms with Crippen molar-refractivity contribution in [3.8, 4) is 0 Å². The number of hydrogen-bond acceptors (Lipinski definition) is 12. The molecule has 9 rings (SSSR count). The van der Waals surface area contributed by atoms with E-state index < -0.39 is 0 Å². The number of pyridine rings is 4. The summed E-state index contributed by atoms with van der Waals surface area (Å²) in [5.41, 5.74) is 35.3. The van der Waals surface area contributed by atoms with E-state index in [4.69, 9.17) is 42.9 Å². The average Bonchev–Trinajstić information content (AvgIpc) is 3.24. The number of aromatic nitrogens is 4. The monoisotopic (exact) mass is 796 g/mol. The average molecular weight is 797 g/mol. The molecular formula is C48H52N12. The largest absolute Gasteiger partial charge is 0.399 e. The minimum Gasteiger partial charge on any atom is -0.399 e. The van der Waals surface area contributed by atoms with E-state index in [1.54, 1.807) is 0 Å². The van der Waals surface area contributed by atoms with Gasteiger partial charge in [0.05, 0.1) is 44.8 Å². The standard InChI is InChI=1S/C48H52N12/c49-37-5-13-45-33(25-37)1-9-41(53-45)29-57-17-19-58(30-42-10-2-34-26-38(50)6-14-46(34)54-42)21-23-60(32-44-12-4-36-28-40(52)8-16-48(36)56-44)24-22-59(20-18-57)31-43-11-3-35-27-39(51)7-15-47(35)55-43/h1-16,25-28H,17-24,29-32,49-52H2. The zero-order valence-electron chi connectivity index (χ0n) is 33.9. The molecule has 12 nitrogen and oxygen atoms in total. The molecule has 1 aliphatic rings. The highest BCUT2D eigenvalue weighted by molar-refractivity contribution is 5.84. The third-order valence-corrected chi connectivity index (χ3v) is 11.6. The lowest BCUT2D eigenvalue weighted by atomic mass is 10.1. The molecule has 0 unspecified atom stereocenters. The lowest BCUT2D eigenvalue weighted by Crippen LogP contribution is -2.45. The molecule has 304 valence electrons. The third-order valence-electron chi connectivity index (χ3n) is 11.6. The molecule has 5 heterocycles. The Morgan fingerprint density at radius 3 is 0.733 bits per heavy atom. The Morgan fingerprint density at radius 2 is 0.517 bits per heavy atom. The van der Waals surface area contributed by atoms with E-state index in [1.807, 2.05) is 72.8 Å². The summed E-state index contributed by atoms with van der Waals surface area (Å²) < 4.78 is 0. The molecule has 0 bridgehead atoms. The van der Waals surface area contributed by atoms with E-state index in [1.165, 1.54) is 0 Å². The molecule has 12 heteroatoms. The summed E-state index contributed by atoms with van der Waals surface area (Å²) >= 11 is 0. The van der Waals surface area contributed by atoms with Crippen molar-refractivity contribution in [3.63, 3.8) is 0 Å². The fourth-order valence-corrected chi connectivity index (χ4v) is 8.22. The second-order valence-electron chi connectivity index (χ2n) is 16.1. The van der Waals surface area contributed by atoms with Crippen LogP contribution in [0.3, 0.4) is 0 Å². The molecule has 1 aliphatic heterocycles. The van der Waals surface area contributed by atoms with Crippen molar-refractivity contribution in [3.05, 3.63) is 144 Å². The van der Waals surface area contributed by atoms with Crippen LogP contribution in [0.2, 0.25) is 0 Å².